The highest BCUT2D eigenvalue weighted by Crippen LogP contribution is 2.26. The standard InChI is InChI=1S/C52H66N4O8/c57-45(37-55-51(61)49(41-27-17-13-18-28-41)42-29-19-14-20-30-42)53-39-47(59)63-35-25-11-9-7-5-3-1-2-4-6-8-10-12-26-36-64-48(60)40-54-46(58)38-56-52(62)50(43-31-21-15-22-32-43)44-33-23-16-24-34-44/h13-24,27-34,49-50H,1-12,25-26,35-40H2,(H,53,57)(H,54,58)(H,55,61)(H,56,62). The zero-order valence-electron chi connectivity index (χ0n) is 37.1. The normalized spacial score (nSPS) is 10.8. The molecular weight excluding hydrogens is 809 g/mol. The number of nitrogens with one attached hydrogen (secondary N) is 4. The molecule has 0 saturated heterocycles. The molecule has 4 N–H and O–H groups in total. The molecule has 0 bridgehead atoms. The minimum absolute atomic E-state index is 0.239. The van der Waals surface area contributed by atoms with E-state index in [2.05, 4.69) is 21.3 Å². The van der Waals surface area contributed by atoms with Gasteiger partial charge in [-0.2, -0.15) is 0 Å². The first-order chi connectivity index (χ1) is 31.3. The Morgan fingerprint density at radius 1 is 0.328 bits per heavy atom. The summed E-state index contributed by atoms with van der Waals surface area (Å²) in [6, 6.07) is 37.6. The molecule has 342 valence electrons. The van der Waals surface area contributed by atoms with Crippen LogP contribution >= 0.6 is 0 Å². The second-order valence-corrected chi connectivity index (χ2v) is 15.9. The number of carbonyl (C=O) groups is 6. The van der Waals surface area contributed by atoms with Crippen LogP contribution < -0.4 is 21.3 Å². The number of hydrogen-bond donors (Lipinski definition) is 4. The molecule has 4 aromatic carbocycles. The average Bonchev–Trinajstić information content (AvgIpc) is 3.32. The van der Waals surface area contributed by atoms with Crippen LogP contribution in [0.25, 0.3) is 0 Å². The Morgan fingerprint density at radius 3 is 0.844 bits per heavy atom. The summed E-state index contributed by atoms with van der Waals surface area (Å²) in [5, 5.41) is 10.4. The highest BCUT2D eigenvalue weighted by atomic mass is 16.5. The van der Waals surface area contributed by atoms with E-state index in [-0.39, 0.29) is 38.0 Å². The van der Waals surface area contributed by atoms with Gasteiger partial charge in [0.1, 0.15) is 13.1 Å². The Hall–Kier alpha value is -6.30. The third-order valence-corrected chi connectivity index (χ3v) is 10.8. The van der Waals surface area contributed by atoms with Crippen molar-refractivity contribution in [3.05, 3.63) is 144 Å². The molecule has 64 heavy (non-hydrogen) atoms. The summed E-state index contributed by atoms with van der Waals surface area (Å²) in [6.07, 6.45) is 15.3. The predicted molar refractivity (Wildman–Crippen MR) is 248 cm³/mol. The molecule has 12 nitrogen and oxygen atoms in total. The van der Waals surface area contributed by atoms with E-state index in [1.54, 1.807) is 0 Å². The van der Waals surface area contributed by atoms with Crippen LogP contribution in [-0.2, 0) is 38.2 Å². The van der Waals surface area contributed by atoms with E-state index in [0.29, 0.717) is 13.2 Å². The van der Waals surface area contributed by atoms with Crippen molar-refractivity contribution in [2.24, 2.45) is 0 Å². The molecule has 0 atom stereocenters. The van der Waals surface area contributed by atoms with E-state index in [1.165, 1.54) is 38.5 Å². The molecule has 0 aliphatic heterocycles. The average molecular weight is 875 g/mol. The lowest BCUT2D eigenvalue weighted by molar-refractivity contribution is -0.144. The fourth-order valence-electron chi connectivity index (χ4n) is 7.38. The molecule has 4 rings (SSSR count). The zero-order valence-corrected chi connectivity index (χ0v) is 37.1. The van der Waals surface area contributed by atoms with Crippen molar-refractivity contribution in [1.29, 1.82) is 0 Å². The number of amides is 4. The van der Waals surface area contributed by atoms with Crippen molar-refractivity contribution in [2.45, 2.75) is 102 Å². The van der Waals surface area contributed by atoms with E-state index in [0.717, 1.165) is 73.6 Å². The summed E-state index contributed by atoms with van der Waals surface area (Å²) >= 11 is 0. The Bertz CT molecular complexity index is 1740. The van der Waals surface area contributed by atoms with E-state index in [9.17, 15) is 28.8 Å². The summed E-state index contributed by atoms with van der Waals surface area (Å²) in [4.78, 5) is 75.1. The van der Waals surface area contributed by atoms with Gasteiger partial charge < -0.3 is 30.7 Å². The molecule has 0 aliphatic carbocycles. The Kier molecular flexibility index (Phi) is 24.1. The quantitative estimate of drug-likeness (QED) is 0.0295. The molecule has 0 aliphatic rings. The first-order valence-electron chi connectivity index (χ1n) is 22.9. The summed E-state index contributed by atoms with van der Waals surface area (Å²) < 4.78 is 10.5. The number of esters is 2. The summed E-state index contributed by atoms with van der Waals surface area (Å²) in [5.41, 5.74) is 3.30. The number of unbranched alkanes of at least 4 members (excludes halogenated alkanes) is 13. The third kappa shape index (κ3) is 20.3. The van der Waals surface area contributed by atoms with Gasteiger partial charge in [-0.25, -0.2) is 0 Å². The Labute approximate surface area is 378 Å². The number of ether oxygens (including phenoxy) is 2. The molecule has 0 fully saturated rings. The number of carbonyl (C=O) groups excluding carboxylic acids is 6. The van der Waals surface area contributed by atoms with Gasteiger partial charge in [0.25, 0.3) is 0 Å². The van der Waals surface area contributed by atoms with E-state index >= 15 is 0 Å². The van der Waals surface area contributed by atoms with Gasteiger partial charge in [-0.05, 0) is 35.1 Å². The second-order valence-electron chi connectivity index (χ2n) is 15.9. The monoisotopic (exact) mass is 874 g/mol. The largest absolute Gasteiger partial charge is 0.464 e. The van der Waals surface area contributed by atoms with E-state index < -0.39 is 35.6 Å². The van der Waals surface area contributed by atoms with Gasteiger partial charge in [-0.1, -0.05) is 198 Å². The van der Waals surface area contributed by atoms with Crippen molar-refractivity contribution in [1.82, 2.24) is 21.3 Å². The van der Waals surface area contributed by atoms with Crippen LogP contribution in [0.1, 0.15) is 124 Å². The number of benzene rings is 4. The van der Waals surface area contributed by atoms with Crippen molar-refractivity contribution in [2.75, 3.05) is 39.4 Å². The molecule has 0 unspecified atom stereocenters. The summed E-state index contributed by atoms with van der Waals surface area (Å²) in [6.45, 7) is -0.317. The van der Waals surface area contributed by atoms with Gasteiger partial charge in [0.15, 0.2) is 0 Å². The maximum absolute atomic E-state index is 13.1. The highest BCUT2D eigenvalue weighted by Gasteiger charge is 2.24. The van der Waals surface area contributed by atoms with Crippen LogP contribution in [0.2, 0.25) is 0 Å². The highest BCUT2D eigenvalue weighted by molar-refractivity contribution is 5.92. The Balaban J connectivity index is 0.885. The molecule has 0 saturated carbocycles. The van der Waals surface area contributed by atoms with Crippen LogP contribution in [0.3, 0.4) is 0 Å². The molecule has 0 aromatic heterocycles. The first kappa shape index (κ1) is 50.3. The maximum atomic E-state index is 13.1. The topological polar surface area (TPSA) is 169 Å². The van der Waals surface area contributed by atoms with Gasteiger partial charge in [-0.3, -0.25) is 28.8 Å². The lowest BCUT2D eigenvalue weighted by atomic mass is 9.90. The lowest BCUT2D eigenvalue weighted by Crippen LogP contribution is -2.41. The van der Waals surface area contributed by atoms with Crippen molar-refractivity contribution in [3.63, 3.8) is 0 Å². The molecule has 0 spiro atoms. The van der Waals surface area contributed by atoms with E-state index in [1.807, 2.05) is 121 Å². The van der Waals surface area contributed by atoms with Crippen molar-refractivity contribution in [3.8, 4) is 0 Å². The van der Waals surface area contributed by atoms with Gasteiger partial charge in [0, 0.05) is 0 Å². The van der Waals surface area contributed by atoms with Crippen LogP contribution in [0.4, 0.5) is 0 Å². The fraction of sp³-hybridized carbons (Fsp3) is 0.423. The third-order valence-electron chi connectivity index (χ3n) is 10.8. The molecule has 0 radical (unpaired) electrons. The second kappa shape index (κ2) is 30.7. The minimum Gasteiger partial charge on any atom is -0.464 e. The molecule has 0 heterocycles. The predicted octanol–water partition coefficient (Wildman–Crippen LogP) is 7.66. The Morgan fingerprint density at radius 2 is 0.578 bits per heavy atom. The van der Waals surface area contributed by atoms with Crippen LogP contribution in [-0.4, -0.2) is 75.0 Å². The SMILES string of the molecule is O=C(CNC(=O)C(c1ccccc1)c1ccccc1)NCC(=O)OCCCCCCCCCCCCCCCCOC(=O)CNC(=O)CNC(=O)C(c1ccccc1)c1ccccc1. The smallest absolute Gasteiger partial charge is 0.325 e. The van der Waals surface area contributed by atoms with Crippen molar-refractivity contribution >= 4 is 35.6 Å². The number of rotatable bonds is 31. The molecule has 4 aromatic rings. The first-order valence-corrected chi connectivity index (χ1v) is 22.9. The molecule has 4 amide bonds. The van der Waals surface area contributed by atoms with Gasteiger partial charge in [0.05, 0.1) is 38.1 Å². The minimum atomic E-state index is -0.553. The van der Waals surface area contributed by atoms with E-state index in [4.69, 9.17) is 9.47 Å². The van der Waals surface area contributed by atoms with Crippen LogP contribution in [0, 0.1) is 0 Å². The van der Waals surface area contributed by atoms with Crippen LogP contribution in [0.15, 0.2) is 121 Å². The number of hydrogen-bond acceptors (Lipinski definition) is 8. The fourth-order valence-corrected chi connectivity index (χ4v) is 7.38. The summed E-state index contributed by atoms with van der Waals surface area (Å²) in [7, 11) is 0. The molecule has 12 heteroatoms. The van der Waals surface area contributed by atoms with Crippen LogP contribution in [0.5, 0.6) is 0 Å². The van der Waals surface area contributed by atoms with Gasteiger partial charge in [-0.15, -0.1) is 0 Å². The van der Waals surface area contributed by atoms with Gasteiger partial charge >= 0.3 is 11.9 Å². The van der Waals surface area contributed by atoms with Gasteiger partial charge in [0.2, 0.25) is 23.6 Å². The van der Waals surface area contributed by atoms with Crippen molar-refractivity contribution < 1.29 is 38.2 Å². The summed E-state index contributed by atoms with van der Waals surface area (Å²) in [5.74, 6) is -3.60. The lowest BCUT2D eigenvalue weighted by Gasteiger charge is -2.17. The zero-order chi connectivity index (χ0) is 45.5. The maximum Gasteiger partial charge on any atom is 0.325 e. The molecular formula is C52H66N4O8.